The molecule has 0 fully saturated rings. The van der Waals surface area contributed by atoms with Gasteiger partial charge in [0, 0.05) is 5.69 Å². The summed E-state index contributed by atoms with van der Waals surface area (Å²) < 4.78 is 1.62. The Hall–Kier alpha value is -3.15. The van der Waals surface area contributed by atoms with E-state index in [0.29, 0.717) is 0 Å². The van der Waals surface area contributed by atoms with Crippen LogP contribution in [0.4, 0.5) is 0 Å². The second-order valence-electron chi connectivity index (χ2n) is 6.37. The van der Waals surface area contributed by atoms with E-state index in [1.165, 1.54) is 0 Å². The standard InChI is InChI=1S/C20H21N3O3/c1-13-10-14(2)23(22-13)12-19(24)21-18(11-20(25)26)17-9-5-7-15-6-3-4-8-16(15)17/h3-10,18H,11-12H2,1-2H3,(H,21,24)(H,25,26)/t18-/m1/s1. The van der Waals surface area contributed by atoms with Crippen molar-refractivity contribution in [2.24, 2.45) is 0 Å². The van der Waals surface area contributed by atoms with Crippen LogP contribution in [0.1, 0.15) is 29.4 Å². The van der Waals surface area contributed by atoms with Crippen LogP contribution in [0.25, 0.3) is 10.8 Å². The van der Waals surface area contributed by atoms with E-state index < -0.39 is 12.0 Å². The highest BCUT2D eigenvalue weighted by Crippen LogP contribution is 2.26. The van der Waals surface area contributed by atoms with E-state index in [9.17, 15) is 14.7 Å². The first kappa shape index (κ1) is 17.7. The number of amides is 1. The number of carboxylic acid groups (broad SMARTS) is 1. The number of benzene rings is 2. The molecule has 0 aliphatic heterocycles. The Morgan fingerprint density at radius 1 is 1.15 bits per heavy atom. The summed E-state index contributed by atoms with van der Waals surface area (Å²) in [5, 5.41) is 18.4. The molecular formula is C20H21N3O3. The van der Waals surface area contributed by atoms with Gasteiger partial charge in [-0.1, -0.05) is 42.5 Å². The Bertz CT molecular complexity index is 957. The van der Waals surface area contributed by atoms with Crippen LogP contribution >= 0.6 is 0 Å². The van der Waals surface area contributed by atoms with Crippen molar-refractivity contribution in [3.63, 3.8) is 0 Å². The average molecular weight is 351 g/mol. The summed E-state index contributed by atoms with van der Waals surface area (Å²) in [6.07, 6.45) is -0.184. The third-order valence-electron chi connectivity index (χ3n) is 4.31. The van der Waals surface area contributed by atoms with Crippen LogP contribution < -0.4 is 5.32 Å². The van der Waals surface area contributed by atoms with Crippen LogP contribution in [-0.4, -0.2) is 26.8 Å². The van der Waals surface area contributed by atoms with Gasteiger partial charge < -0.3 is 10.4 Å². The average Bonchev–Trinajstić information content (AvgIpc) is 2.90. The smallest absolute Gasteiger partial charge is 0.305 e. The summed E-state index contributed by atoms with van der Waals surface area (Å²) in [6.45, 7) is 3.80. The Labute approximate surface area is 151 Å². The van der Waals surface area contributed by atoms with Crippen LogP contribution in [0.2, 0.25) is 0 Å². The maximum absolute atomic E-state index is 12.5. The number of carbonyl (C=O) groups excluding carboxylic acids is 1. The predicted octanol–water partition coefficient (Wildman–Crippen LogP) is 2.99. The summed E-state index contributed by atoms with van der Waals surface area (Å²) in [5.74, 6) is -1.23. The largest absolute Gasteiger partial charge is 0.481 e. The molecule has 26 heavy (non-hydrogen) atoms. The summed E-state index contributed by atoms with van der Waals surface area (Å²) in [7, 11) is 0. The fourth-order valence-corrected chi connectivity index (χ4v) is 3.18. The molecule has 2 N–H and O–H groups in total. The molecule has 3 aromatic rings. The van der Waals surface area contributed by atoms with Crippen molar-refractivity contribution in [1.29, 1.82) is 0 Å². The first-order valence-corrected chi connectivity index (χ1v) is 8.44. The first-order chi connectivity index (χ1) is 12.4. The van der Waals surface area contributed by atoms with Crippen molar-refractivity contribution < 1.29 is 14.7 Å². The van der Waals surface area contributed by atoms with Gasteiger partial charge >= 0.3 is 5.97 Å². The zero-order chi connectivity index (χ0) is 18.7. The third-order valence-corrected chi connectivity index (χ3v) is 4.31. The molecule has 3 rings (SSSR count). The molecule has 6 heteroatoms. The summed E-state index contributed by atoms with van der Waals surface area (Å²) in [6, 6.07) is 14.7. The lowest BCUT2D eigenvalue weighted by Crippen LogP contribution is -2.33. The molecule has 1 heterocycles. The van der Waals surface area contributed by atoms with Gasteiger partial charge in [0.25, 0.3) is 0 Å². The van der Waals surface area contributed by atoms with Crippen LogP contribution in [0.5, 0.6) is 0 Å². The molecule has 0 radical (unpaired) electrons. The maximum atomic E-state index is 12.5. The van der Waals surface area contributed by atoms with E-state index in [0.717, 1.165) is 27.7 Å². The van der Waals surface area contributed by atoms with Gasteiger partial charge in [0.2, 0.25) is 5.91 Å². The monoisotopic (exact) mass is 351 g/mol. The van der Waals surface area contributed by atoms with Crippen LogP contribution in [0.3, 0.4) is 0 Å². The third kappa shape index (κ3) is 3.91. The lowest BCUT2D eigenvalue weighted by Gasteiger charge is -2.19. The molecule has 2 aromatic carbocycles. The Morgan fingerprint density at radius 2 is 1.88 bits per heavy atom. The Morgan fingerprint density at radius 3 is 2.58 bits per heavy atom. The number of hydrogen-bond donors (Lipinski definition) is 2. The topological polar surface area (TPSA) is 84.2 Å². The van der Waals surface area contributed by atoms with Crippen molar-refractivity contribution in [2.45, 2.75) is 32.9 Å². The fourth-order valence-electron chi connectivity index (χ4n) is 3.18. The molecule has 0 saturated heterocycles. The number of nitrogens with zero attached hydrogens (tertiary/aromatic N) is 2. The minimum absolute atomic E-state index is 0.0561. The SMILES string of the molecule is Cc1cc(C)n(CC(=O)N[C@H](CC(=O)O)c2cccc3ccccc23)n1. The van der Waals surface area contributed by atoms with E-state index in [1.807, 2.05) is 62.4 Å². The molecule has 0 bridgehead atoms. The van der Waals surface area contributed by atoms with Gasteiger partial charge in [0.15, 0.2) is 0 Å². The highest BCUT2D eigenvalue weighted by atomic mass is 16.4. The van der Waals surface area contributed by atoms with Gasteiger partial charge in [-0.2, -0.15) is 5.10 Å². The lowest BCUT2D eigenvalue weighted by atomic mass is 9.96. The number of aromatic nitrogens is 2. The minimum atomic E-state index is -0.964. The van der Waals surface area contributed by atoms with Crippen LogP contribution in [0.15, 0.2) is 48.5 Å². The molecule has 1 aromatic heterocycles. The quantitative estimate of drug-likeness (QED) is 0.715. The zero-order valence-electron chi connectivity index (χ0n) is 14.8. The number of carbonyl (C=O) groups is 2. The summed E-state index contributed by atoms with van der Waals surface area (Å²) in [4.78, 5) is 23.9. The number of carboxylic acids is 1. The summed E-state index contributed by atoms with van der Waals surface area (Å²) in [5.41, 5.74) is 2.52. The number of aliphatic carboxylic acids is 1. The maximum Gasteiger partial charge on any atom is 0.305 e. The van der Waals surface area contributed by atoms with Crippen molar-refractivity contribution in [1.82, 2.24) is 15.1 Å². The summed E-state index contributed by atoms with van der Waals surface area (Å²) >= 11 is 0. The van der Waals surface area contributed by atoms with E-state index in [1.54, 1.807) is 4.68 Å². The van der Waals surface area contributed by atoms with Gasteiger partial charge in [-0.25, -0.2) is 0 Å². The van der Waals surface area contributed by atoms with Gasteiger partial charge in [0.1, 0.15) is 6.54 Å². The number of hydrogen-bond acceptors (Lipinski definition) is 3. The molecule has 0 unspecified atom stereocenters. The predicted molar refractivity (Wildman–Crippen MR) is 98.8 cm³/mol. The van der Waals surface area contributed by atoms with Crippen LogP contribution in [0, 0.1) is 13.8 Å². The molecule has 0 aliphatic carbocycles. The number of fused-ring (bicyclic) bond motifs is 1. The number of rotatable bonds is 6. The molecule has 0 spiro atoms. The molecule has 0 aliphatic rings. The molecule has 134 valence electrons. The highest BCUT2D eigenvalue weighted by molar-refractivity contribution is 5.87. The van der Waals surface area contributed by atoms with Crippen molar-refractivity contribution >= 4 is 22.6 Å². The normalized spacial score (nSPS) is 12.1. The van der Waals surface area contributed by atoms with Crippen LogP contribution in [-0.2, 0) is 16.1 Å². The van der Waals surface area contributed by atoms with Crippen molar-refractivity contribution in [3.8, 4) is 0 Å². The van der Waals surface area contributed by atoms with E-state index in [2.05, 4.69) is 10.4 Å². The van der Waals surface area contributed by atoms with Gasteiger partial charge in [-0.05, 0) is 36.2 Å². The lowest BCUT2D eigenvalue weighted by molar-refractivity contribution is -0.137. The Balaban J connectivity index is 1.87. The second-order valence-corrected chi connectivity index (χ2v) is 6.37. The van der Waals surface area contributed by atoms with E-state index >= 15 is 0 Å². The number of aryl methyl sites for hydroxylation is 2. The Kier molecular flexibility index (Phi) is 5.02. The molecule has 6 nitrogen and oxygen atoms in total. The molecular weight excluding hydrogens is 330 g/mol. The fraction of sp³-hybridized carbons (Fsp3) is 0.250. The zero-order valence-corrected chi connectivity index (χ0v) is 14.8. The molecule has 1 amide bonds. The van der Waals surface area contributed by atoms with Gasteiger partial charge in [0.05, 0.1) is 18.2 Å². The highest BCUT2D eigenvalue weighted by Gasteiger charge is 2.20. The minimum Gasteiger partial charge on any atom is -0.481 e. The first-order valence-electron chi connectivity index (χ1n) is 8.44. The van der Waals surface area contributed by atoms with E-state index in [-0.39, 0.29) is 18.9 Å². The molecule has 0 saturated carbocycles. The second kappa shape index (κ2) is 7.39. The van der Waals surface area contributed by atoms with Crippen molar-refractivity contribution in [3.05, 3.63) is 65.5 Å². The van der Waals surface area contributed by atoms with Gasteiger partial charge in [-0.3, -0.25) is 14.3 Å². The van der Waals surface area contributed by atoms with E-state index in [4.69, 9.17) is 0 Å². The van der Waals surface area contributed by atoms with Crippen molar-refractivity contribution in [2.75, 3.05) is 0 Å². The van der Waals surface area contributed by atoms with Gasteiger partial charge in [-0.15, -0.1) is 0 Å². The molecule has 1 atom stereocenters. The number of nitrogens with one attached hydrogen (secondary N) is 1.